The van der Waals surface area contributed by atoms with Crippen LogP contribution in [0.15, 0.2) is 212 Å². The maximum absolute atomic E-state index is 5.52. The smallest absolute Gasteiger partial charge is 0.163 e. The molecule has 8 aromatic carbocycles. The van der Waals surface area contributed by atoms with Crippen molar-refractivity contribution >= 4 is 53.3 Å². The zero-order valence-corrected chi connectivity index (χ0v) is 34.9. The fourth-order valence-corrected chi connectivity index (χ4v) is 10.2. The van der Waals surface area contributed by atoms with Gasteiger partial charge in [-0.25, -0.2) is 19.9 Å². The van der Waals surface area contributed by atoms with Crippen LogP contribution >= 0.6 is 11.3 Å². The molecule has 0 spiro atoms. The van der Waals surface area contributed by atoms with E-state index in [1.165, 1.54) is 30.9 Å². The van der Waals surface area contributed by atoms with Crippen LogP contribution in [0.2, 0.25) is 0 Å². The van der Waals surface area contributed by atoms with Gasteiger partial charge in [0, 0.05) is 65.8 Å². The lowest BCUT2D eigenvalue weighted by Crippen LogP contribution is -2.08. The Labute approximate surface area is 368 Å². The van der Waals surface area contributed by atoms with Crippen molar-refractivity contribution in [2.75, 3.05) is 0 Å². The van der Waals surface area contributed by atoms with E-state index in [-0.39, 0.29) is 0 Å². The lowest BCUT2D eigenvalue weighted by atomic mass is 9.91. The Morgan fingerprint density at radius 3 is 1.70 bits per heavy atom. The fourth-order valence-electron chi connectivity index (χ4n) is 9.05. The highest BCUT2D eigenvalue weighted by atomic mass is 32.1. The van der Waals surface area contributed by atoms with Crippen LogP contribution in [-0.2, 0) is 6.42 Å². The minimum atomic E-state index is 0.412. The number of benzene rings is 8. The number of thiophene rings is 1. The number of hydrogen-bond donors (Lipinski definition) is 0. The molecular formula is C57H37N5S. The van der Waals surface area contributed by atoms with E-state index in [1.54, 1.807) is 0 Å². The summed E-state index contributed by atoms with van der Waals surface area (Å²) >= 11 is 1.85. The number of para-hydroxylation sites is 1. The molecule has 0 radical (unpaired) electrons. The van der Waals surface area contributed by atoms with Crippen molar-refractivity contribution in [3.05, 3.63) is 224 Å². The molecule has 0 aliphatic carbocycles. The summed E-state index contributed by atoms with van der Waals surface area (Å²) in [4.78, 5) is 20.9. The first kappa shape index (κ1) is 36.8. The summed E-state index contributed by atoms with van der Waals surface area (Å²) in [6, 6.07) is 72.7. The summed E-state index contributed by atoms with van der Waals surface area (Å²) in [6.07, 6.45) is 2.46. The summed E-state index contributed by atoms with van der Waals surface area (Å²) in [6.45, 7) is 0. The van der Waals surface area contributed by atoms with Crippen molar-refractivity contribution in [3.63, 3.8) is 0 Å². The van der Waals surface area contributed by atoms with Crippen LogP contribution in [-0.4, -0.2) is 24.5 Å². The van der Waals surface area contributed by atoms with Crippen molar-refractivity contribution in [3.8, 4) is 62.0 Å². The van der Waals surface area contributed by atoms with E-state index >= 15 is 0 Å². The molecule has 0 bridgehead atoms. The van der Waals surface area contributed by atoms with Crippen molar-refractivity contribution in [1.82, 2.24) is 24.5 Å². The first-order valence-corrected chi connectivity index (χ1v) is 22.0. The normalized spacial score (nSPS) is 11.6. The topological polar surface area (TPSA) is 56.5 Å². The van der Waals surface area contributed by atoms with Gasteiger partial charge >= 0.3 is 0 Å². The van der Waals surface area contributed by atoms with Gasteiger partial charge in [-0.3, -0.25) is 4.57 Å². The van der Waals surface area contributed by atoms with Crippen LogP contribution in [0.1, 0.15) is 11.4 Å². The SMILES string of the molecule is c1ccc(-c2ccc(-c3ccccc3)c(-c3cnc(-n4c5ccccc5c5c6c(ccc54)sc4ccccc46)c(Cc4nc(-c5ccccc5)nc(-c5ccccc5)n4)c3)c2)cc1. The molecule has 0 aliphatic rings. The summed E-state index contributed by atoms with van der Waals surface area (Å²) in [5.41, 5.74) is 11.8. The van der Waals surface area contributed by atoms with Gasteiger partial charge in [0.05, 0.1) is 11.0 Å². The van der Waals surface area contributed by atoms with E-state index in [4.69, 9.17) is 19.9 Å². The van der Waals surface area contributed by atoms with Crippen molar-refractivity contribution in [2.24, 2.45) is 0 Å². The molecule has 0 N–H and O–H groups in total. The highest BCUT2D eigenvalue weighted by Crippen LogP contribution is 2.44. The molecule has 6 heteroatoms. The van der Waals surface area contributed by atoms with Gasteiger partial charge in [0.25, 0.3) is 0 Å². The summed E-state index contributed by atoms with van der Waals surface area (Å²) < 4.78 is 4.91. The zero-order chi connectivity index (χ0) is 41.7. The molecule has 0 atom stereocenters. The van der Waals surface area contributed by atoms with Gasteiger partial charge in [0.1, 0.15) is 11.6 Å². The van der Waals surface area contributed by atoms with Gasteiger partial charge in [-0.1, -0.05) is 170 Å². The van der Waals surface area contributed by atoms with E-state index in [2.05, 4.69) is 174 Å². The molecule has 0 amide bonds. The maximum Gasteiger partial charge on any atom is 0.163 e. The summed E-state index contributed by atoms with van der Waals surface area (Å²) in [5.74, 6) is 2.77. The molecule has 4 heterocycles. The van der Waals surface area contributed by atoms with Crippen LogP contribution < -0.4 is 0 Å². The van der Waals surface area contributed by atoms with Gasteiger partial charge < -0.3 is 0 Å². The Morgan fingerprint density at radius 2 is 1.00 bits per heavy atom. The minimum absolute atomic E-state index is 0.412. The molecule has 0 aliphatic heterocycles. The van der Waals surface area contributed by atoms with Gasteiger partial charge in [-0.05, 0) is 64.2 Å². The van der Waals surface area contributed by atoms with Crippen LogP contribution in [0.5, 0.6) is 0 Å². The van der Waals surface area contributed by atoms with Crippen LogP contribution in [0, 0.1) is 0 Å². The quantitative estimate of drug-likeness (QED) is 0.153. The van der Waals surface area contributed by atoms with E-state index in [1.807, 2.05) is 53.9 Å². The average molecular weight is 824 g/mol. The molecule has 12 rings (SSSR count). The van der Waals surface area contributed by atoms with Gasteiger partial charge in [0.15, 0.2) is 11.6 Å². The number of pyridine rings is 1. The monoisotopic (exact) mass is 823 g/mol. The zero-order valence-electron chi connectivity index (χ0n) is 34.1. The third kappa shape index (κ3) is 6.56. The highest BCUT2D eigenvalue weighted by Gasteiger charge is 2.22. The first-order valence-electron chi connectivity index (χ1n) is 21.2. The Balaban J connectivity index is 1.13. The second-order valence-electron chi connectivity index (χ2n) is 15.8. The fraction of sp³-hybridized carbons (Fsp3) is 0.0175. The third-order valence-electron chi connectivity index (χ3n) is 11.9. The third-order valence-corrected chi connectivity index (χ3v) is 13.1. The Kier molecular flexibility index (Phi) is 9.01. The van der Waals surface area contributed by atoms with Gasteiger partial charge in [-0.15, -0.1) is 11.3 Å². The Bertz CT molecular complexity index is 3580. The molecule has 296 valence electrons. The van der Waals surface area contributed by atoms with E-state index in [0.717, 1.165) is 66.9 Å². The molecule has 0 unspecified atom stereocenters. The number of nitrogens with zero attached hydrogens (tertiary/aromatic N) is 5. The lowest BCUT2D eigenvalue weighted by molar-refractivity contribution is 0.914. The molecule has 0 saturated heterocycles. The summed E-state index contributed by atoms with van der Waals surface area (Å²) in [5, 5.41) is 4.98. The van der Waals surface area contributed by atoms with Gasteiger partial charge in [-0.2, -0.15) is 0 Å². The molecule has 12 aromatic rings. The van der Waals surface area contributed by atoms with Crippen molar-refractivity contribution in [2.45, 2.75) is 6.42 Å². The largest absolute Gasteiger partial charge is 0.294 e. The highest BCUT2D eigenvalue weighted by molar-refractivity contribution is 7.26. The summed E-state index contributed by atoms with van der Waals surface area (Å²) in [7, 11) is 0. The number of aromatic nitrogens is 5. The molecule has 0 saturated carbocycles. The van der Waals surface area contributed by atoms with Gasteiger partial charge in [0.2, 0.25) is 0 Å². The van der Waals surface area contributed by atoms with Crippen molar-refractivity contribution < 1.29 is 0 Å². The predicted octanol–water partition coefficient (Wildman–Crippen LogP) is 14.7. The standard InChI is InChI=1S/C57H37N5S/c1-5-17-37(18-6-1)41-29-30-44(38-19-7-2-8-20-38)47(34-41)43-33-42(35-52-59-55(39-21-9-3-10-22-39)61-56(60-52)40-23-11-4-12-24-40)57(58-36-43)62-48-27-15-13-25-45(48)53-49(62)31-32-51-54(53)46-26-14-16-28-50(46)63-51/h1-34,36H,35H2. The number of fused-ring (bicyclic) bond motifs is 7. The van der Waals surface area contributed by atoms with E-state index in [0.29, 0.717) is 23.9 Å². The Morgan fingerprint density at radius 1 is 0.397 bits per heavy atom. The molecule has 0 fully saturated rings. The first-order chi connectivity index (χ1) is 31.2. The molecule has 5 nitrogen and oxygen atoms in total. The van der Waals surface area contributed by atoms with Crippen LogP contribution in [0.4, 0.5) is 0 Å². The number of hydrogen-bond acceptors (Lipinski definition) is 5. The average Bonchev–Trinajstić information content (AvgIpc) is 3.90. The van der Waals surface area contributed by atoms with E-state index < -0.39 is 0 Å². The maximum atomic E-state index is 5.52. The van der Waals surface area contributed by atoms with E-state index in [9.17, 15) is 0 Å². The predicted molar refractivity (Wildman–Crippen MR) is 261 cm³/mol. The molecule has 63 heavy (non-hydrogen) atoms. The van der Waals surface area contributed by atoms with Crippen LogP contribution in [0.3, 0.4) is 0 Å². The molecular weight excluding hydrogens is 787 g/mol. The van der Waals surface area contributed by atoms with Crippen LogP contribution in [0.25, 0.3) is 104 Å². The Hall–Kier alpha value is -8.06. The lowest BCUT2D eigenvalue weighted by Gasteiger charge is -2.17. The minimum Gasteiger partial charge on any atom is -0.294 e. The van der Waals surface area contributed by atoms with Crippen molar-refractivity contribution in [1.29, 1.82) is 0 Å². The second-order valence-corrected chi connectivity index (χ2v) is 16.9. The second kappa shape index (κ2) is 15.4. The molecule has 4 aromatic heterocycles. The number of rotatable bonds is 8.